The Morgan fingerprint density at radius 2 is 1.76 bits per heavy atom. The van der Waals surface area contributed by atoms with Crippen LogP contribution in [0.25, 0.3) is 17.5 Å². The fourth-order valence-corrected chi connectivity index (χ4v) is 3.90. The van der Waals surface area contributed by atoms with E-state index in [1.54, 1.807) is 37.5 Å². The maximum absolute atomic E-state index is 12.8. The van der Waals surface area contributed by atoms with E-state index in [1.165, 1.54) is 0 Å². The van der Waals surface area contributed by atoms with Crippen molar-refractivity contribution in [2.75, 3.05) is 7.11 Å². The van der Waals surface area contributed by atoms with Crippen molar-refractivity contribution in [3.05, 3.63) is 101 Å². The van der Waals surface area contributed by atoms with Crippen LogP contribution >= 0.6 is 0 Å². The number of allylic oxidation sites excluding steroid dienone is 1. The van der Waals surface area contributed by atoms with Crippen molar-refractivity contribution in [3.63, 3.8) is 0 Å². The Hall–Kier alpha value is -4.73. The highest BCUT2D eigenvalue weighted by Gasteiger charge is 2.30. The molecule has 4 aromatic rings. The molecule has 7 nitrogen and oxygen atoms in total. The van der Waals surface area contributed by atoms with Gasteiger partial charge in [0, 0.05) is 11.1 Å². The summed E-state index contributed by atoms with van der Waals surface area (Å²) < 4.78 is 61.0. The third kappa shape index (κ3) is 7.91. The van der Waals surface area contributed by atoms with Crippen molar-refractivity contribution >= 4 is 12.0 Å². The Labute approximate surface area is 234 Å². The van der Waals surface area contributed by atoms with E-state index in [1.807, 2.05) is 37.3 Å². The lowest BCUT2D eigenvalue weighted by Gasteiger charge is -2.15. The minimum atomic E-state index is -4.49. The zero-order valence-electron chi connectivity index (χ0n) is 22.4. The first-order valence-corrected chi connectivity index (χ1v) is 12.7. The van der Waals surface area contributed by atoms with Crippen LogP contribution in [0.1, 0.15) is 35.4 Å². The molecule has 1 heterocycles. The van der Waals surface area contributed by atoms with Gasteiger partial charge < -0.3 is 23.7 Å². The summed E-state index contributed by atoms with van der Waals surface area (Å²) in [7, 11) is 1.54. The standard InChI is InChI=1S/C31H28F3NO6/c1-20-26(35-29(40-20)21-8-4-3-5-9-21)19-39-27-17-16-25(38-2)18-22(27)10-6-7-11-28(30(36)37)41-24-14-12-23(13-15-24)31(32,33)34/h3-6,8-10,12-18,28H,7,11,19H2,1-2H3,(H,36,37)/b10-6+. The smallest absolute Gasteiger partial charge is 0.416 e. The molecule has 1 aromatic heterocycles. The molecule has 0 saturated carbocycles. The van der Waals surface area contributed by atoms with Gasteiger partial charge in [-0.1, -0.05) is 30.4 Å². The first-order valence-electron chi connectivity index (χ1n) is 12.7. The maximum Gasteiger partial charge on any atom is 0.416 e. The number of halogens is 3. The molecule has 4 rings (SSSR count). The summed E-state index contributed by atoms with van der Waals surface area (Å²) >= 11 is 0. The molecule has 0 radical (unpaired) electrons. The van der Waals surface area contributed by atoms with Crippen LogP contribution < -0.4 is 14.2 Å². The molecule has 0 spiro atoms. The summed E-state index contributed by atoms with van der Waals surface area (Å²) in [6, 6.07) is 18.7. The lowest BCUT2D eigenvalue weighted by molar-refractivity contribution is -0.145. The molecule has 0 aliphatic rings. The zero-order chi connectivity index (χ0) is 29.4. The second kappa shape index (κ2) is 13.1. The van der Waals surface area contributed by atoms with Crippen LogP contribution in [0.2, 0.25) is 0 Å². The SMILES string of the molecule is COc1ccc(OCc2nc(-c3ccccc3)oc2C)c(/C=C/CCC(Oc2ccc(C(F)(F)F)cc2)C(=O)O)c1. The molecule has 10 heteroatoms. The highest BCUT2D eigenvalue weighted by atomic mass is 19.4. The van der Waals surface area contributed by atoms with Gasteiger partial charge in [0.2, 0.25) is 5.89 Å². The molecule has 0 bridgehead atoms. The number of carboxylic acid groups (broad SMARTS) is 1. The molecule has 0 aliphatic carbocycles. The summed E-state index contributed by atoms with van der Waals surface area (Å²) in [6.45, 7) is 1.98. The van der Waals surface area contributed by atoms with Crippen molar-refractivity contribution < 1.29 is 41.7 Å². The second-order valence-corrected chi connectivity index (χ2v) is 9.03. The third-order valence-electron chi connectivity index (χ3n) is 6.12. The van der Waals surface area contributed by atoms with Crippen LogP contribution in [0.4, 0.5) is 13.2 Å². The predicted octanol–water partition coefficient (Wildman–Crippen LogP) is 7.58. The first kappa shape index (κ1) is 29.3. The number of carboxylic acids is 1. The number of methoxy groups -OCH3 is 1. The van der Waals surface area contributed by atoms with Crippen molar-refractivity contribution in [2.24, 2.45) is 0 Å². The Balaban J connectivity index is 1.40. The molecule has 1 N–H and O–H groups in total. The number of hydrogen-bond donors (Lipinski definition) is 1. The molecule has 1 atom stereocenters. The van der Waals surface area contributed by atoms with Gasteiger partial charge in [0.1, 0.15) is 35.3 Å². The molecule has 1 unspecified atom stereocenters. The number of hydrogen-bond acceptors (Lipinski definition) is 6. The Kier molecular flexibility index (Phi) is 9.34. The van der Waals surface area contributed by atoms with Crippen molar-refractivity contribution in [3.8, 4) is 28.7 Å². The number of ether oxygens (including phenoxy) is 3. The monoisotopic (exact) mass is 567 g/mol. The van der Waals surface area contributed by atoms with Gasteiger partial charge in [-0.05, 0) is 74.4 Å². The van der Waals surface area contributed by atoms with E-state index in [4.69, 9.17) is 18.6 Å². The number of oxazole rings is 1. The molecule has 0 saturated heterocycles. The van der Waals surface area contributed by atoms with Gasteiger partial charge in [0.25, 0.3) is 0 Å². The number of alkyl halides is 3. The van der Waals surface area contributed by atoms with E-state index in [0.29, 0.717) is 40.8 Å². The molecule has 0 aliphatic heterocycles. The Morgan fingerprint density at radius 1 is 1.05 bits per heavy atom. The van der Waals surface area contributed by atoms with Crippen molar-refractivity contribution in [1.29, 1.82) is 0 Å². The fraction of sp³-hybridized carbons (Fsp3) is 0.226. The Bertz CT molecular complexity index is 1480. The van der Waals surface area contributed by atoms with Crippen LogP contribution in [-0.2, 0) is 17.6 Å². The van der Waals surface area contributed by atoms with Crippen LogP contribution in [0.15, 0.2) is 83.3 Å². The average Bonchev–Trinajstić information content (AvgIpc) is 3.34. The van der Waals surface area contributed by atoms with Gasteiger partial charge in [-0.2, -0.15) is 13.2 Å². The quantitative estimate of drug-likeness (QED) is 0.189. The van der Waals surface area contributed by atoms with Crippen LogP contribution in [0.5, 0.6) is 17.2 Å². The normalized spacial score (nSPS) is 12.3. The van der Waals surface area contributed by atoms with Crippen LogP contribution in [-0.4, -0.2) is 29.3 Å². The minimum Gasteiger partial charge on any atom is -0.497 e. The topological polar surface area (TPSA) is 91.0 Å². The van der Waals surface area contributed by atoms with E-state index >= 15 is 0 Å². The van der Waals surface area contributed by atoms with Gasteiger partial charge in [-0.15, -0.1) is 0 Å². The summed E-state index contributed by atoms with van der Waals surface area (Å²) in [6.07, 6.45) is -1.78. The van der Waals surface area contributed by atoms with Gasteiger partial charge in [-0.25, -0.2) is 9.78 Å². The molecule has 214 valence electrons. The molecular weight excluding hydrogens is 539 g/mol. The number of carbonyl (C=O) groups is 1. The van der Waals surface area contributed by atoms with Crippen molar-refractivity contribution in [2.45, 2.75) is 38.7 Å². The minimum absolute atomic E-state index is 0.0384. The predicted molar refractivity (Wildman–Crippen MR) is 146 cm³/mol. The van der Waals surface area contributed by atoms with Crippen molar-refractivity contribution in [1.82, 2.24) is 4.98 Å². The van der Waals surface area contributed by atoms with Crippen LogP contribution in [0.3, 0.4) is 0 Å². The molecule has 3 aromatic carbocycles. The lowest BCUT2D eigenvalue weighted by atomic mass is 10.1. The van der Waals surface area contributed by atoms with E-state index in [9.17, 15) is 23.1 Å². The van der Waals surface area contributed by atoms with E-state index in [0.717, 1.165) is 29.8 Å². The fourth-order valence-electron chi connectivity index (χ4n) is 3.90. The number of aromatic nitrogens is 1. The van der Waals surface area contributed by atoms with Gasteiger partial charge in [0.05, 0.1) is 12.7 Å². The summed E-state index contributed by atoms with van der Waals surface area (Å²) in [5, 5.41) is 9.54. The van der Waals surface area contributed by atoms with E-state index in [-0.39, 0.29) is 18.8 Å². The number of rotatable bonds is 12. The Morgan fingerprint density at radius 3 is 2.41 bits per heavy atom. The van der Waals surface area contributed by atoms with Gasteiger partial charge in [0.15, 0.2) is 6.10 Å². The number of aryl methyl sites for hydroxylation is 1. The molecule has 0 fully saturated rings. The summed E-state index contributed by atoms with van der Waals surface area (Å²) in [5.41, 5.74) is 1.37. The number of benzene rings is 3. The molecular formula is C31H28F3NO6. The van der Waals surface area contributed by atoms with E-state index in [2.05, 4.69) is 4.98 Å². The number of nitrogens with zero attached hydrogens (tertiary/aromatic N) is 1. The summed E-state index contributed by atoms with van der Waals surface area (Å²) in [5.74, 6) is 1.12. The highest BCUT2D eigenvalue weighted by molar-refractivity contribution is 5.72. The lowest BCUT2D eigenvalue weighted by Crippen LogP contribution is -2.26. The van der Waals surface area contributed by atoms with Crippen LogP contribution in [0, 0.1) is 6.92 Å². The second-order valence-electron chi connectivity index (χ2n) is 9.03. The number of aliphatic carboxylic acids is 1. The summed E-state index contributed by atoms with van der Waals surface area (Å²) in [4.78, 5) is 16.3. The first-order chi connectivity index (χ1) is 19.6. The highest BCUT2D eigenvalue weighted by Crippen LogP contribution is 2.31. The molecule has 41 heavy (non-hydrogen) atoms. The van der Waals surface area contributed by atoms with E-state index < -0.39 is 23.8 Å². The van der Waals surface area contributed by atoms with Gasteiger partial charge >= 0.3 is 12.1 Å². The average molecular weight is 568 g/mol. The largest absolute Gasteiger partial charge is 0.497 e. The zero-order valence-corrected chi connectivity index (χ0v) is 22.4. The van der Waals surface area contributed by atoms with Gasteiger partial charge in [-0.3, -0.25) is 0 Å². The third-order valence-corrected chi connectivity index (χ3v) is 6.12. The maximum atomic E-state index is 12.8. The molecule has 0 amide bonds.